The zero-order valence-electron chi connectivity index (χ0n) is 49.1. The van der Waals surface area contributed by atoms with Gasteiger partial charge in [-0.05, 0) is 93.5 Å². The van der Waals surface area contributed by atoms with Crippen molar-refractivity contribution in [1.82, 2.24) is 51.7 Å². The zero-order valence-corrected chi connectivity index (χ0v) is 50.7. The molecule has 460 valence electrons. The summed E-state index contributed by atoms with van der Waals surface area (Å²) < 4.78 is 8.41. The Labute approximate surface area is 509 Å². The Morgan fingerprint density at radius 3 is 2.24 bits per heavy atom. The highest BCUT2D eigenvalue weighted by molar-refractivity contribution is 7.99. The van der Waals surface area contributed by atoms with Crippen molar-refractivity contribution in [3.05, 3.63) is 95.3 Å². The molecule has 2 bridgehead atoms. The Kier molecular flexibility index (Phi) is 18.6. The fraction of sp³-hybridized carbons (Fsp3) is 0.400. The number of anilines is 2. The first-order valence-corrected chi connectivity index (χ1v) is 29.6. The van der Waals surface area contributed by atoms with Crippen molar-refractivity contribution in [2.45, 2.75) is 112 Å². The number of nitrogens with one attached hydrogen (secondary N) is 9. The molecule has 87 heavy (non-hydrogen) atoms. The first-order chi connectivity index (χ1) is 41.2. The molecule has 0 radical (unpaired) electrons. The van der Waals surface area contributed by atoms with E-state index in [9.17, 15) is 54.0 Å². The molecule has 0 saturated carbocycles. The van der Waals surface area contributed by atoms with E-state index >= 15 is 4.79 Å². The van der Waals surface area contributed by atoms with Crippen molar-refractivity contribution in [2.24, 2.45) is 0 Å². The van der Waals surface area contributed by atoms with E-state index in [0.717, 1.165) is 27.7 Å². The maximum atomic E-state index is 15.0. The standard InChI is InChI=1S/C60H70N12O13S2/c1-28-50(75)65-42-23-40-35-11-9-10-12-41(35)68-56(40)87-26-44(57(81)72-25-34(74)22-45(72)54(79)63-28)67-55(80)49(30(3)73)69-51(76)29(2)62-53(78)43(66-52(42)77)24-60(4,84)27-61-59(86)64-31-13-16-36(58(82)83)39(19-31)48-37-17-14-32(70(5)6)20-46(37)85-47-21-33(71(7)8)15-18-38(47)48/h9-21,28-30,34,42-45,49,68,73-74,84H,22-27H2,1-8H3,(H8-,61,62,63,64,65,66,67,69,75,76,77,78,79,80,82,83,86)/p+1/t28-,29-,30-,34-,42-,43-,44-,45-,49+,60+/m0/s1. The van der Waals surface area contributed by atoms with Crippen LogP contribution < -0.4 is 57.4 Å². The third kappa shape index (κ3) is 14.0. The molecule has 1 aliphatic carbocycles. The number of rotatable bonds is 9. The monoisotopic (exact) mass is 1230 g/mol. The molecule has 3 aromatic carbocycles. The van der Waals surface area contributed by atoms with Crippen LogP contribution in [-0.2, 0) is 40.0 Å². The van der Waals surface area contributed by atoms with Crippen LogP contribution in [0.2, 0.25) is 0 Å². The van der Waals surface area contributed by atoms with Gasteiger partial charge in [-0.3, -0.25) is 33.6 Å². The van der Waals surface area contributed by atoms with Crippen molar-refractivity contribution < 1.29 is 63.2 Å². The summed E-state index contributed by atoms with van der Waals surface area (Å²) in [6.07, 6.45) is -3.76. The fourth-order valence-corrected chi connectivity index (χ4v) is 12.2. The largest absolute Gasteiger partial charge is 0.478 e. The van der Waals surface area contributed by atoms with Crippen LogP contribution in [0.1, 0.15) is 56.5 Å². The average molecular weight is 1230 g/mol. The van der Waals surface area contributed by atoms with Crippen LogP contribution in [0.3, 0.4) is 0 Å². The highest BCUT2D eigenvalue weighted by atomic mass is 32.2. The number of nitrogens with zero attached hydrogens (tertiary/aromatic N) is 3. The van der Waals surface area contributed by atoms with Gasteiger partial charge in [0.05, 0.1) is 34.5 Å². The minimum atomic E-state index is -1.93. The van der Waals surface area contributed by atoms with Crippen molar-refractivity contribution in [3.63, 3.8) is 0 Å². The molecule has 4 aliphatic heterocycles. The second-order valence-electron chi connectivity index (χ2n) is 23.0. The highest BCUT2D eigenvalue weighted by Gasteiger charge is 2.44. The first-order valence-electron chi connectivity index (χ1n) is 28.2. The van der Waals surface area contributed by atoms with E-state index in [-0.39, 0.29) is 42.4 Å². The number of amides is 7. The number of para-hydroxylation sites is 1. The van der Waals surface area contributed by atoms with E-state index < -0.39 is 114 Å². The molecule has 0 spiro atoms. The number of hydrogen-bond acceptors (Lipinski definition) is 15. The Hall–Kier alpha value is -8.63. The number of carbonyl (C=O) groups excluding carboxylic acids is 7. The number of aliphatic hydroxyl groups is 3. The lowest BCUT2D eigenvalue weighted by molar-refractivity contribution is -0.142. The predicted octanol–water partition coefficient (Wildman–Crippen LogP) is 0.563. The van der Waals surface area contributed by atoms with Gasteiger partial charge in [0, 0.05) is 103 Å². The van der Waals surface area contributed by atoms with Gasteiger partial charge in [0.25, 0.3) is 0 Å². The van der Waals surface area contributed by atoms with Crippen LogP contribution in [0, 0.1) is 0 Å². The number of carboxylic acid groups (broad SMARTS) is 1. The smallest absolute Gasteiger partial charge is 0.336 e. The number of thiocarbonyl (C=S) groups is 1. The molecule has 0 unspecified atom stereocenters. The van der Waals surface area contributed by atoms with Gasteiger partial charge in [-0.15, -0.1) is 11.8 Å². The average Bonchev–Trinajstić information content (AvgIpc) is 1.45. The minimum Gasteiger partial charge on any atom is -0.478 e. The third-order valence-corrected chi connectivity index (χ3v) is 17.0. The van der Waals surface area contributed by atoms with E-state index in [4.69, 9.17) is 16.6 Å². The Morgan fingerprint density at radius 1 is 0.839 bits per heavy atom. The normalized spacial score (nSPS) is 23.6. The van der Waals surface area contributed by atoms with Crippen molar-refractivity contribution in [3.8, 4) is 22.5 Å². The quantitative estimate of drug-likeness (QED) is 0.0534. The van der Waals surface area contributed by atoms with Gasteiger partial charge < -0.3 is 82.2 Å². The second-order valence-corrected chi connectivity index (χ2v) is 24.4. The van der Waals surface area contributed by atoms with Gasteiger partial charge >= 0.3 is 5.97 Å². The molecular weight excluding hydrogens is 1160 g/mol. The number of thioether (sulfide) groups is 1. The number of carboxylic acids is 1. The Balaban J connectivity index is 1.04. The molecule has 5 aliphatic rings. The molecular formula is C60H71N12O13S2+. The number of fused-ring (bicyclic) bond motifs is 7. The van der Waals surface area contributed by atoms with Gasteiger partial charge in [-0.25, -0.2) is 9.37 Å². The summed E-state index contributed by atoms with van der Waals surface area (Å²) in [5, 5.41) is 68.8. The van der Waals surface area contributed by atoms with E-state index in [1.807, 2.05) is 74.1 Å². The van der Waals surface area contributed by atoms with E-state index in [1.54, 1.807) is 30.3 Å². The zero-order chi connectivity index (χ0) is 62.9. The maximum absolute atomic E-state index is 15.0. The fourth-order valence-electron chi connectivity index (χ4n) is 10.9. The Bertz CT molecular complexity index is 3790. The number of aromatic carboxylic acids is 1. The molecule has 1 aromatic heterocycles. The van der Waals surface area contributed by atoms with E-state index in [1.165, 1.54) is 39.8 Å². The topological polar surface area (TPSA) is 352 Å². The number of benzene rings is 4. The van der Waals surface area contributed by atoms with Crippen molar-refractivity contribution in [2.75, 3.05) is 57.2 Å². The number of aromatic nitrogens is 1. The molecule has 9 rings (SSSR count). The van der Waals surface area contributed by atoms with Crippen molar-refractivity contribution in [1.29, 1.82) is 0 Å². The number of carbonyl (C=O) groups is 8. The minimum absolute atomic E-state index is 0.0119. The molecule has 13 N–H and O–H groups in total. The summed E-state index contributed by atoms with van der Waals surface area (Å²) in [6, 6.07) is 12.5. The number of H-pyrrole nitrogens is 1. The summed E-state index contributed by atoms with van der Waals surface area (Å²) >= 11 is 6.82. The number of hydrogen-bond donors (Lipinski definition) is 13. The van der Waals surface area contributed by atoms with Crippen LogP contribution in [0.25, 0.3) is 44.3 Å². The summed E-state index contributed by atoms with van der Waals surface area (Å²) in [5.41, 5.74) is 2.44. The molecule has 7 amide bonds. The lowest BCUT2D eigenvalue weighted by Gasteiger charge is -2.31. The van der Waals surface area contributed by atoms with Crippen LogP contribution in [-0.4, -0.2) is 190 Å². The van der Waals surface area contributed by atoms with Gasteiger partial charge in [-0.2, -0.15) is 0 Å². The molecule has 27 heteroatoms. The number of aliphatic hydroxyl groups excluding tert-OH is 2. The van der Waals surface area contributed by atoms with E-state index in [0.29, 0.717) is 60.6 Å². The molecule has 1 fully saturated rings. The van der Waals surface area contributed by atoms with Crippen LogP contribution in [0.15, 0.2) is 88.3 Å². The van der Waals surface area contributed by atoms with Gasteiger partial charge in [0.1, 0.15) is 67.7 Å². The molecule has 5 heterocycles. The summed E-state index contributed by atoms with van der Waals surface area (Å²) in [6.45, 7) is 4.56. The second kappa shape index (κ2) is 25.8. The van der Waals surface area contributed by atoms with Crippen LogP contribution >= 0.6 is 24.0 Å². The molecule has 10 atom stereocenters. The van der Waals surface area contributed by atoms with Gasteiger partial charge in [0.2, 0.25) is 46.7 Å². The third-order valence-electron chi connectivity index (χ3n) is 15.7. The van der Waals surface area contributed by atoms with Crippen molar-refractivity contribution >= 4 is 110 Å². The summed E-state index contributed by atoms with van der Waals surface area (Å²) in [4.78, 5) is 120. The van der Waals surface area contributed by atoms with Crippen LogP contribution in [0.4, 0.5) is 11.4 Å². The lowest BCUT2D eigenvalue weighted by atomic mass is 9.90. The summed E-state index contributed by atoms with van der Waals surface area (Å²) in [5.74, 6) is -7.20. The summed E-state index contributed by atoms with van der Waals surface area (Å²) in [7, 11) is 7.59. The molecule has 1 saturated heterocycles. The van der Waals surface area contributed by atoms with Gasteiger partial charge in [-0.1, -0.05) is 18.2 Å². The lowest BCUT2D eigenvalue weighted by Crippen LogP contribution is -2.62. The van der Waals surface area contributed by atoms with Crippen LogP contribution in [0.5, 0.6) is 0 Å². The SMILES string of the molecule is C[C@@H]1NC(=O)[C@H](C[C@@](C)(O)CNC(=S)Nc2ccc(C(=O)O)c(-c3c4ccc(=[N+](C)C)cc-4oc4cc(N(C)C)ccc34)c2)NC(=O)[C@@H]2Cc3c([nH]c4ccccc34)SC[C@H](NC(=O)[C@@H]([C@H](C)O)NC1=O)C(=O)N1C[C@@H](O)C[C@H]1C(=O)N[C@@H](C)C(=O)N2. The number of aromatic amines is 1. The molecule has 4 aromatic rings. The predicted molar refractivity (Wildman–Crippen MR) is 330 cm³/mol. The van der Waals surface area contributed by atoms with Gasteiger partial charge in [0.15, 0.2) is 5.11 Å². The first kappa shape index (κ1) is 62.9. The maximum Gasteiger partial charge on any atom is 0.336 e. The van der Waals surface area contributed by atoms with E-state index in [2.05, 4.69) is 47.5 Å². The highest BCUT2D eigenvalue weighted by Crippen LogP contribution is 2.43. The molecule has 25 nitrogen and oxygen atoms in total. The Morgan fingerprint density at radius 2 is 1.54 bits per heavy atom.